The van der Waals surface area contributed by atoms with Gasteiger partial charge in [-0.3, -0.25) is 4.79 Å². The monoisotopic (exact) mass is 363 g/mol. The van der Waals surface area contributed by atoms with Gasteiger partial charge in [0.25, 0.3) is 0 Å². The number of rotatable bonds is 11. The first-order valence-electron chi connectivity index (χ1n) is 8.91. The lowest BCUT2D eigenvalue weighted by atomic mass is 10.0. The van der Waals surface area contributed by atoms with Gasteiger partial charge in [-0.1, -0.05) is 39.7 Å². The second kappa shape index (κ2) is 11.2. The molecule has 0 unspecified atom stereocenters. The van der Waals surface area contributed by atoms with Gasteiger partial charge in [-0.15, -0.1) is 0 Å². The van der Waals surface area contributed by atoms with Crippen LogP contribution < -0.4 is 14.8 Å². The summed E-state index contributed by atoms with van der Waals surface area (Å²) in [4.78, 5) is 23.1. The lowest BCUT2D eigenvalue weighted by Gasteiger charge is -2.16. The molecule has 0 heterocycles. The van der Waals surface area contributed by atoms with Gasteiger partial charge in [0.05, 0.1) is 13.7 Å². The number of ether oxygens (including phenoxy) is 2. The number of amides is 1. The Bertz CT molecular complexity index is 625. The number of carboxylic acids is 1. The number of nitrogens with one attached hydrogen (secondary N) is 1. The number of carbonyl (C=O) groups is 2. The summed E-state index contributed by atoms with van der Waals surface area (Å²) in [5.41, 5.74) is 0.759. The molecule has 0 saturated heterocycles. The van der Waals surface area contributed by atoms with Crippen molar-refractivity contribution in [1.29, 1.82) is 0 Å². The predicted octanol–water partition coefficient (Wildman–Crippen LogP) is 3.50. The van der Waals surface area contributed by atoms with Crippen LogP contribution in [0.4, 0.5) is 0 Å². The van der Waals surface area contributed by atoms with Gasteiger partial charge in [-0.05, 0) is 36.1 Å². The Morgan fingerprint density at radius 2 is 1.96 bits per heavy atom. The third-order valence-electron chi connectivity index (χ3n) is 3.85. The fraction of sp³-hybridized carbons (Fsp3) is 0.500. The summed E-state index contributed by atoms with van der Waals surface area (Å²) in [7, 11) is 1.56. The molecule has 6 heteroatoms. The molecule has 26 heavy (non-hydrogen) atoms. The minimum atomic E-state index is -1.05. The van der Waals surface area contributed by atoms with Crippen molar-refractivity contribution in [2.75, 3.05) is 13.7 Å². The summed E-state index contributed by atoms with van der Waals surface area (Å²) >= 11 is 0. The standard InChI is InChI=1S/C20H29NO5/c1-5-6-7-12-26-16-10-8-15(13-17(16)25-4)9-11-18(22)21-19(14(2)3)20(23)24/h8-11,13-14,19H,5-7,12H2,1-4H3,(H,21,22)(H,23,24)/b11-9+/t19-/m0/s1. The lowest BCUT2D eigenvalue weighted by molar-refractivity contribution is -0.142. The number of hydrogen-bond acceptors (Lipinski definition) is 4. The molecule has 0 bridgehead atoms. The van der Waals surface area contributed by atoms with Crippen molar-refractivity contribution >= 4 is 18.0 Å². The van der Waals surface area contributed by atoms with E-state index in [4.69, 9.17) is 14.6 Å². The number of carbonyl (C=O) groups excluding carboxylic acids is 1. The molecule has 1 aromatic carbocycles. The van der Waals surface area contributed by atoms with Crippen molar-refractivity contribution < 1.29 is 24.2 Å². The van der Waals surface area contributed by atoms with E-state index >= 15 is 0 Å². The molecule has 0 spiro atoms. The van der Waals surface area contributed by atoms with Crippen LogP contribution >= 0.6 is 0 Å². The van der Waals surface area contributed by atoms with E-state index in [0.717, 1.165) is 24.8 Å². The van der Waals surface area contributed by atoms with Crippen LogP contribution in [-0.4, -0.2) is 36.7 Å². The van der Waals surface area contributed by atoms with E-state index in [0.29, 0.717) is 18.1 Å². The fourth-order valence-corrected chi connectivity index (χ4v) is 2.33. The van der Waals surface area contributed by atoms with Crippen molar-refractivity contribution in [3.8, 4) is 11.5 Å². The molecular formula is C20H29NO5. The minimum absolute atomic E-state index is 0.200. The number of methoxy groups -OCH3 is 1. The summed E-state index contributed by atoms with van der Waals surface area (Å²) in [6, 6.07) is 4.48. The third-order valence-corrected chi connectivity index (χ3v) is 3.85. The second-order valence-corrected chi connectivity index (χ2v) is 6.37. The topological polar surface area (TPSA) is 84.9 Å². The Morgan fingerprint density at radius 1 is 1.23 bits per heavy atom. The highest BCUT2D eigenvalue weighted by Gasteiger charge is 2.22. The molecule has 0 aliphatic heterocycles. The Balaban J connectivity index is 2.72. The minimum Gasteiger partial charge on any atom is -0.493 e. The number of hydrogen-bond donors (Lipinski definition) is 2. The van der Waals surface area contributed by atoms with E-state index in [1.165, 1.54) is 6.08 Å². The highest BCUT2D eigenvalue weighted by Crippen LogP contribution is 2.28. The Morgan fingerprint density at radius 3 is 2.54 bits per heavy atom. The molecule has 0 radical (unpaired) electrons. The van der Waals surface area contributed by atoms with Crippen LogP contribution in [0.2, 0.25) is 0 Å². The van der Waals surface area contributed by atoms with Crippen LogP contribution in [0.3, 0.4) is 0 Å². The van der Waals surface area contributed by atoms with Gasteiger partial charge in [0.15, 0.2) is 11.5 Å². The van der Waals surface area contributed by atoms with Crippen molar-refractivity contribution in [3.63, 3.8) is 0 Å². The van der Waals surface area contributed by atoms with Gasteiger partial charge < -0.3 is 19.9 Å². The Hall–Kier alpha value is -2.50. The SMILES string of the molecule is CCCCCOc1ccc(/C=C/C(=O)N[C@H](C(=O)O)C(C)C)cc1OC. The number of benzene rings is 1. The van der Waals surface area contributed by atoms with Gasteiger partial charge in [-0.2, -0.15) is 0 Å². The summed E-state index contributed by atoms with van der Waals surface area (Å²) < 4.78 is 11.1. The average Bonchev–Trinajstić information content (AvgIpc) is 2.61. The highest BCUT2D eigenvalue weighted by molar-refractivity contribution is 5.94. The van der Waals surface area contributed by atoms with E-state index < -0.39 is 17.9 Å². The first-order valence-corrected chi connectivity index (χ1v) is 8.91. The molecule has 144 valence electrons. The molecule has 0 aliphatic carbocycles. The van der Waals surface area contributed by atoms with E-state index in [1.54, 1.807) is 39.2 Å². The van der Waals surface area contributed by atoms with Crippen LogP contribution in [0.1, 0.15) is 45.6 Å². The second-order valence-electron chi connectivity index (χ2n) is 6.37. The van der Waals surface area contributed by atoms with Crippen LogP contribution in [0.25, 0.3) is 6.08 Å². The molecule has 1 amide bonds. The quantitative estimate of drug-likeness (QED) is 0.464. The van der Waals surface area contributed by atoms with Crippen molar-refractivity contribution in [2.45, 2.75) is 46.1 Å². The Kier molecular flexibility index (Phi) is 9.26. The van der Waals surface area contributed by atoms with Crippen LogP contribution in [-0.2, 0) is 9.59 Å². The van der Waals surface area contributed by atoms with Gasteiger partial charge in [0.1, 0.15) is 6.04 Å². The molecule has 0 aromatic heterocycles. The molecule has 1 rings (SSSR count). The number of carboxylic acid groups (broad SMARTS) is 1. The first kappa shape index (κ1) is 21.5. The maximum Gasteiger partial charge on any atom is 0.326 e. The van der Waals surface area contributed by atoms with Gasteiger partial charge in [-0.25, -0.2) is 4.79 Å². The number of aliphatic carboxylic acids is 1. The molecular weight excluding hydrogens is 334 g/mol. The summed E-state index contributed by atoms with van der Waals surface area (Å²) in [6.07, 6.45) is 6.16. The largest absolute Gasteiger partial charge is 0.493 e. The van der Waals surface area contributed by atoms with Crippen LogP contribution in [0.15, 0.2) is 24.3 Å². The normalized spacial score (nSPS) is 12.2. The zero-order valence-electron chi connectivity index (χ0n) is 16.0. The van der Waals surface area contributed by atoms with Crippen LogP contribution in [0, 0.1) is 5.92 Å². The summed E-state index contributed by atoms with van der Waals surface area (Å²) in [5, 5.41) is 11.6. The molecule has 0 aliphatic rings. The summed E-state index contributed by atoms with van der Waals surface area (Å²) in [6.45, 7) is 6.25. The molecule has 2 N–H and O–H groups in total. The molecule has 1 aromatic rings. The van der Waals surface area contributed by atoms with Crippen LogP contribution in [0.5, 0.6) is 11.5 Å². The Labute approximate surface area is 155 Å². The molecule has 0 fully saturated rings. The van der Waals surface area contributed by atoms with E-state index in [1.807, 2.05) is 6.07 Å². The molecule has 6 nitrogen and oxygen atoms in total. The zero-order chi connectivity index (χ0) is 19.5. The highest BCUT2D eigenvalue weighted by atomic mass is 16.5. The lowest BCUT2D eigenvalue weighted by Crippen LogP contribution is -2.43. The number of unbranched alkanes of at least 4 members (excludes halogenated alkanes) is 2. The molecule has 1 atom stereocenters. The third kappa shape index (κ3) is 7.17. The maximum atomic E-state index is 11.9. The maximum absolute atomic E-state index is 11.9. The van der Waals surface area contributed by atoms with Crippen molar-refractivity contribution in [3.05, 3.63) is 29.8 Å². The zero-order valence-corrected chi connectivity index (χ0v) is 16.0. The first-order chi connectivity index (χ1) is 12.4. The van der Waals surface area contributed by atoms with Gasteiger partial charge in [0, 0.05) is 6.08 Å². The van der Waals surface area contributed by atoms with E-state index in [2.05, 4.69) is 12.2 Å². The fourth-order valence-electron chi connectivity index (χ4n) is 2.33. The van der Waals surface area contributed by atoms with Crippen molar-refractivity contribution in [2.24, 2.45) is 5.92 Å². The van der Waals surface area contributed by atoms with E-state index in [-0.39, 0.29) is 5.92 Å². The predicted molar refractivity (Wildman–Crippen MR) is 101 cm³/mol. The molecule has 0 saturated carbocycles. The van der Waals surface area contributed by atoms with Gasteiger partial charge in [0.2, 0.25) is 5.91 Å². The van der Waals surface area contributed by atoms with Crippen molar-refractivity contribution in [1.82, 2.24) is 5.32 Å². The van der Waals surface area contributed by atoms with E-state index in [9.17, 15) is 9.59 Å². The average molecular weight is 363 g/mol. The summed E-state index contributed by atoms with van der Waals surface area (Å²) in [5.74, 6) is -0.447. The smallest absolute Gasteiger partial charge is 0.326 e. The van der Waals surface area contributed by atoms with Gasteiger partial charge >= 0.3 is 5.97 Å².